The average Bonchev–Trinajstić information content (AvgIpc) is 3.77. The van der Waals surface area contributed by atoms with Crippen molar-refractivity contribution in [3.63, 3.8) is 0 Å². The van der Waals surface area contributed by atoms with Crippen LogP contribution in [0.2, 0.25) is 0 Å². The maximum absolute atomic E-state index is 13.6. The van der Waals surface area contributed by atoms with Gasteiger partial charge in [0.25, 0.3) is 0 Å². The van der Waals surface area contributed by atoms with E-state index in [0.717, 1.165) is 48.8 Å². The Morgan fingerprint density at radius 2 is 0.984 bits per heavy atom. The van der Waals surface area contributed by atoms with Gasteiger partial charge in [-0.1, -0.05) is 144 Å². The summed E-state index contributed by atoms with van der Waals surface area (Å²) in [5.41, 5.74) is 4.99. The summed E-state index contributed by atoms with van der Waals surface area (Å²) in [6.45, 7) is 0.794. The minimum absolute atomic E-state index is 0.0206. The number of rotatable bonds is 5. The van der Waals surface area contributed by atoms with Gasteiger partial charge in [-0.2, -0.15) is 26.3 Å². The summed E-state index contributed by atoms with van der Waals surface area (Å²) >= 11 is 0. The summed E-state index contributed by atoms with van der Waals surface area (Å²) in [4.78, 5) is 16.1. The first-order valence-electron chi connectivity index (χ1n) is 22.6. The van der Waals surface area contributed by atoms with E-state index in [2.05, 4.69) is 41.3 Å². The van der Waals surface area contributed by atoms with Gasteiger partial charge in [-0.15, -0.1) is 0 Å². The molecule has 62 heavy (non-hydrogen) atoms. The van der Waals surface area contributed by atoms with Gasteiger partial charge in [0, 0.05) is 45.1 Å². The summed E-state index contributed by atoms with van der Waals surface area (Å²) in [6.07, 6.45) is 11.0. The fourth-order valence-corrected chi connectivity index (χ4v) is 11.0. The largest absolute Gasteiger partial charge is 0.492 e. The lowest BCUT2D eigenvalue weighted by Crippen LogP contribution is -2.44. The maximum atomic E-state index is 13.6. The molecule has 0 bridgehead atoms. The lowest BCUT2D eigenvalue weighted by molar-refractivity contribution is -0.162. The molecule has 324 valence electrons. The number of hydrogen-bond donors (Lipinski definition) is 0. The van der Waals surface area contributed by atoms with Crippen LogP contribution in [0.15, 0.2) is 103 Å². The van der Waals surface area contributed by atoms with Gasteiger partial charge in [-0.05, 0) is 90.3 Å². The van der Waals surface area contributed by atoms with Gasteiger partial charge in [0.2, 0.25) is 0 Å². The van der Waals surface area contributed by atoms with Gasteiger partial charge in [-0.3, -0.25) is 4.79 Å². The van der Waals surface area contributed by atoms with Crippen molar-refractivity contribution in [2.24, 2.45) is 0 Å². The molecule has 2 saturated carbocycles. The molecule has 2 aliphatic heterocycles. The quantitative estimate of drug-likeness (QED) is 0.130. The van der Waals surface area contributed by atoms with E-state index >= 15 is 0 Å². The van der Waals surface area contributed by atoms with Gasteiger partial charge in [0.1, 0.15) is 5.75 Å². The Morgan fingerprint density at radius 3 is 1.52 bits per heavy atom. The Bertz CT molecular complexity index is 2380. The molecule has 0 atom stereocenters. The topological polar surface area (TPSA) is 29.5 Å². The Kier molecular flexibility index (Phi) is 11.5. The fraction of sp³-hybridized carbons (Fsp3) is 0.415. The fourth-order valence-electron chi connectivity index (χ4n) is 11.0. The highest BCUT2D eigenvalue weighted by Crippen LogP contribution is 2.55. The van der Waals surface area contributed by atoms with Crippen LogP contribution in [-0.4, -0.2) is 17.9 Å². The van der Waals surface area contributed by atoms with Crippen LogP contribution in [0, 0.1) is 0 Å². The average molecular weight is 850 g/mol. The third-order valence-electron chi connectivity index (χ3n) is 14.3. The highest BCUT2D eigenvalue weighted by Gasteiger charge is 2.48. The minimum atomic E-state index is -5.19. The number of ether oxygens (including phenoxy) is 1. The van der Waals surface area contributed by atoms with E-state index < -0.39 is 23.5 Å². The summed E-state index contributed by atoms with van der Waals surface area (Å²) in [6, 6.07) is 28.9. The zero-order valence-electron chi connectivity index (χ0n) is 35.1. The number of nitrogens with zero attached hydrogens (tertiary/aromatic N) is 1. The Hall–Kier alpha value is -5.05. The first kappa shape index (κ1) is 42.3. The normalized spacial score (nSPS) is 19.0. The summed E-state index contributed by atoms with van der Waals surface area (Å²) in [7, 11) is 0. The van der Waals surface area contributed by atoms with E-state index in [-0.39, 0.29) is 27.9 Å². The Balaban J connectivity index is 0.949. The Labute approximate surface area is 360 Å². The zero-order valence-corrected chi connectivity index (χ0v) is 35.1. The predicted octanol–water partition coefficient (Wildman–Crippen LogP) is 15.6. The van der Waals surface area contributed by atoms with Crippen molar-refractivity contribution in [2.45, 2.75) is 132 Å². The molecule has 0 amide bonds. The molecule has 4 aliphatic rings. The molecular formula is C53H53F6NO2. The number of carbonyl (C=O) groups excluding carboxylic acids is 1. The van der Waals surface area contributed by atoms with Crippen molar-refractivity contribution in [1.29, 1.82) is 0 Å². The molecule has 9 heteroatoms. The lowest BCUT2D eigenvalue weighted by Gasteiger charge is -2.42. The van der Waals surface area contributed by atoms with Crippen molar-refractivity contribution in [3.8, 4) is 28.0 Å². The molecule has 0 aromatic heterocycles. The van der Waals surface area contributed by atoms with Gasteiger partial charge < -0.3 is 9.64 Å². The first-order valence-corrected chi connectivity index (χ1v) is 22.6. The van der Waals surface area contributed by atoms with E-state index in [1.807, 2.05) is 12.1 Å². The molecule has 5 aromatic carbocycles. The number of alkyl halides is 6. The number of carbonyl (C=O) groups is 1. The van der Waals surface area contributed by atoms with Crippen molar-refractivity contribution < 1.29 is 35.9 Å². The van der Waals surface area contributed by atoms with E-state index in [9.17, 15) is 31.1 Å². The van der Waals surface area contributed by atoms with Gasteiger partial charge in [0.05, 0.1) is 17.7 Å². The van der Waals surface area contributed by atoms with Crippen molar-refractivity contribution in [2.75, 3.05) is 11.5 Å². The smallest absolute Gasteiger partial charge is 0.417 e. The van der Waals surface area contributed by atoms with Crippen LogP contribution in [-0.2, 0) is 24.2 Å². The zero-order chi connectivity index (χ0) is 43.1. The van der Waals surface area contributed by atoms with Crippen LogP contribution in [0.5, 0.6) is 5.75 Å². The second kappa shape index (κ2) is 16.9. The van der Waals surface area contributed by atoms with Gasteiger partial charge in [0.15, 0.2) is 5.78 Å². The maximum Gasteiger partial charge on any atom is 0.417 e. The van der Waals surface area contributed by atoms with Crippen molar-refractivity contribution >= 4 is 17.2 Å². The van der Waals surface area contributed by atoms with E-state index in [0.29, 0.717) is 23.3 Å². The van der Waals surface area contributed by atoms with E-state index in [1.54, 1.807) is 12.1 Å². The van der Waals surface area contributed by atoms with Crippen molar-refractivity contribution in [1.82, 2.24) is 0 Å². The number of halogens is 6. The highest BCUT2D eigenvalue weighted by molar-refractivity contribution is 6.09. The third kappa shape index (κ3) is 8.28. The molecule has 2 heterocycles. The molecular weight excluding hydrogens is 797 g/mol. The summed E-state index contributed by atoms with van der Waals surface area (Å²) in [5.74, 6) is 0.801. The molecule has 9 rings (SSSR count). The number of ketones is 1. The van der Waals surface area contributed by atoms with Crippen LogP contribution >= 0.6 is 0 Å². The molecule has 5 aromatic rings. The van der Waals surface area contributed by atoms with Crippen LogP contribution in [0.4, 0.5) is 37.7 Å². The van der Waals surface area contributed by atoms with Gasteiger partial charge in [-0.25, -0.2) is 0 Å². The SMILES string of the molecule is O=C(c1ccc(-c2ccc(N3c4cc5c(cc4CC34CCCCCCC4)C3(CCCCCCCCC3)CO5)cc2)cc1)c1ccc(-c2ccc(C(F)(F)F)c(C(F)(F)F)c2)cc1. The minimum Gasteiger partial charge on any atom is -0.492 e. The molecule has 2 fully saturated rings. The molecule has 3 nitrogen and oxygen atoms in total. The second-order valence-electron chi connectivity index (χ2n) is 18.3. The van der Waals surface area contributed by atoms with Crippen LogP contribution in [0.1, 0.15) is 141 Å². The summed E-state index contributed by atoms with van der Waals surface area (Å²) < 4.78 is 87.3. The summed E-state index contributed by atoms with van der Waals surface area (Å²) in [5, 5.41) is 0. The second-order valence-corrected chi connectivity index (χ2v) is 18.3. The first-order chi connectivity index (χ1) is 29.8. The third-order valence-corrected chi connectivity index (χ3v) is 14.3. The van der Waals surface area contributed by atoms with Crippen molar-refractivity contribution in [3.05, 3.63) is 137 Å². The number of anilines is 2. The lowest BCUT2D eigenvalue weighted by atomic mass is 9.73. The molecule has 2 spiro atoms. The standard InChI is InChI=1S/C53H53F6NO2/c54-52(55,56)44-26-23-41(31-45(44)53(57,58)59)38-15-19-40(20-16-38)49(61)39-17-13-36(14-18-39)37-21-24-43(25-22-37)60-47-33-48-46(32-42(47)34-51(60)29-11-7-4-8-12-30-51)50(35-62-48)27-9-5-2-1-3-6-10-28-50/h13-26,31-33H,1-12,27-30,34-35H2. The van der Waals surface area contributed by atoms with Crippen LogP contribution in [0.3, 0.4) is 0 Å². The molecule has 0 unspecified atom stereocenters. The molecule has 0 saturated heterocycles. The molecule has 0 radical (unpaired) electrons. The number of fused-ring (bicyclic) bond motifs is 3. The molecule has 0 N–H and O–H groups in total. The monoisotopic (exact) mass is 849 g/mol. The highest BCUT2D eigenvalue weighted by atomic mass is 19.4. The van der Waals surface area contributed by atoms with Gasteiger partial charge >= 0.3 is 12.4 Å². The predicted molar refractivity (Wildman–Crippen MR) is 233 cm³/mol. The van der Waals surface area contributed by atoms with Crippen LogP contribution < -0.4 is 9.64 Å². The van der Waals surface area contributed by atoms with E-state index in [4.69, 9.17) is 4.74 Å². The van der Waals surface area contributed by atoms with Crippen LogP contribution in [0.25, 0.3) is 22.3 Å². The molecule has 2 aliphatic carbocycles. The Morgan fingerprint density at radius 1 is 0.516 bits per heavy atom. The van der Waals surface area contributed by atoms with E-state index in [1.165, 1.54) is 137 Å². The number of benzene rings is 5. The number of hydrogen-bond acceptors (Lipinski definition) is 3.